The smallest absolute Gasteiger partial charge is 0.256 e. The minimum Gasteiger partial charge on any atom is -0.358 e. The number of carbonyl (C=O) groups excluding carboxylic acids is 2. The molecule has 0 saturated carbocycles. The van der Waals surface area contributed by atoms with E-state index < -0.39 is 33.1 Å². The molecule has 8 nitrogen and oxygen atoms in total. The summed E-state index contributed by atoms with van der Waals surface area (Å²) in [7, 11) is -3.94. The number of anilines is 1. The molecule has 40 heavy (non-hydrogen) atoms. The van der Waals surface area contributed by atoms with Gasteiger partial charge in [-0.1, -0.05) is 19.9 Å². The third-order valence-corrected chi connectivity index (χ3v) is 8.76. The summed E-state index contributed by atoms with van der Waals surface area (Å²) in [6.45, 7) is 10.7. The van der Waals surface area contributed by atoms with Gasteiger partial charge in [0.2, 0.25) is 0 Å². The van der Waals surface area contributed by atoms with Crippen molar-refractivity contribution in [1.29, 1.82) is 0 Å². The molecule has 212 valence electrons. The van der Waals surface area contributed by atoms with Gasteiger partial charge in [0.1, 0.15) is 0 Å². The molecule has 1 aliphatic rings. The van der Waals surface area contributed by atoms with Crippen LogP contribution in [0.2, 0.25) is 0 Å². The topological polar surface area (TPSA) is 111 Å². The van der Waals surface area contributed by atoms with Crippen LogP contribution < -0.4 is 10.6 Å². The first-order chi connectivity index (χ1) is 18.9. The maximum absolute atomic E-state index is 13.6. The molecule has 3 N–H and O–H groups in total. The highest BCUT2D eigenvalue weighted by Gasteiger charge is 2.28. The number of amides is 2. The number of benzene rings is 2. The Labute approximate surface area is 232 Å². The van der Waals surface area contributed by atoms with E-state index in [9.17, 15) is 26.8 Å². The van der Waals surface area contributed by atoms with E-state index >= 15 is 0 Å². The second kappa shape index (κ2) is 11.7. The van der Waals surface area contributed by atoms with E-state index in [1.54, 1.807) is 19.9 Å². The lowest BCUT2D eigenvalue weighted by atomic mass is 10.0. The summed E-state index contributed by atoms with van der Waals surface area (Å²) < 4.78 is 53.1. The molecule has 0 aliphatic carbocycles. The third-order valence-electron chi connectivity index (χ3n) is 7.07. The number of H-pyrrole nitrogens is 1. The Hall–Kier alpha value is -3.83. The number of hydrogen-bond acceptors (Lipinski definition) is 5. The van der Waals surface area contributed by atoms with Gasteiger partial charge in [-0.25, -0.2) is 17.2 Å². The fourth-order valence-corrected chi connectivity index (χ4v) is 6.15. The van der Waals surface area contributed by atoms with Crippen molar-refractivity contribution in [3.8, 4) is 0 Å². The summed E-state index contributed by atoms with van der Waals surface area (Å²) >= 11 is 0. The third kappa shape index (κ3) is 6.00. The number of carbonyl (C=O) groups is 2. The predicted octanol–water partition coefficient (Wildman–Crippen LogP) is 4.45. The van der Waals surface area contributed by atoms with Crippen LogP contribution in [0.15, 0.2) is 41.3 Å². The molecule has 2 aromatic carbocycles. The van der Waals surface area contributed by atoms with E-state index in [1.807, 2.05) is 0 Å². The molecule has 0 atom stereocenters. The van der Waals surface area contributed by atoms with Gasteiger partial charge in [-0.15, -0.1) is 0 Å². The van der Waals surface area contributed by atoms with E-state index in [1.165, 1.54) is 24.3 Å². The van der Waals surface area contributed by atoms with Crippen molar-refractivity contribution in [1.82, 2.24) is 15.2 Å². The van der Waals surface area contributed by atoms with Crippen LogP contribution in [-0.4, -0.2) is 56.3 Å². The van der Waals surface area contributed by atoms with Gasteiger partial charge >= 0.3 is 0 Å². The van der Waals surface area contributed by atoms with Crippen LogP contribution in [0.3, 0.4) is 0 Å². The van der Waals surface area contributed by atoms with Gasteiger partial charge in [-0.05, 0) is 74.5 Å². The quantitative estimate of drug-likeness (QED) is 0.312. The minimum absolute atomic E-state index is 0.0639. The second-order valence-corrected chi connectivity index (χ2v) is 11.7. The summed E-state index contributed by atoms with van der Waals surface area (Å²) in [5, 5.41) is 5.68. The predicted molar refractivity (Wildman–Crippen MR) is 151 cm³/mol. The van der Waals surface area contributed by atoms with Crippen molar-refractivity contribution in [3.63, 3.8) is 0 Å². The lowest BCUT2D eigenvalue weighted by Gasteiger charge is -2.18. The molecule has 0 unspecified atom stereocenters. The highest BCUT2D eigenvalue weighted by atomic mass is 32.2. The Morgan fingerprint density at radius 3 is 2.45 bits per heavy atom. The fourth-order valence-electron chi connectivity index (χ4n) is 4.80. The maximum atomic E-state index is 13.6. The molecule has 3 aromatic rings. The first-order valence-electron chi connectivity index (χ1n) is 13.0. The van der Waals surface area contributed by atoms with Gasteiger partial charge in [-0.2, -0.15) is 0 Å². The van der Waals surface area contributed by atoms with Crippen LogP contribution in [0.1, 0.15) is 52.3 Å². The number of likely N-dealkylation sites (N-methyl/N-ethyl adjacent to an activating group) is 1. The normalized spacial score (nSPS) is 14.1. The highest BCUT2D eigenvalue weighted by molar-refractivity contribution is 7.90. The lowest BCUT2D eigenvalue weighted by molar-refractivity contribution is -0.110. The van der Waals surface area contributed by atoms with Crippen LogP contribution in [0.4, 0.5) is 14.5 Å². The van der Waals surface area contributed by atoms with Gasteiger partial charge in [0.05, 0.1) is 21.8 Å². The summed E-state index contributed by atoms with van der Waals surface area (Å²) in [5.41, 5.74) is 3.52. The largest absolute Gasteiger partial charge is 0.358 e. The molecule has 2 heterocycles. The van der Waals surface area contributed by atoms with Crippen LogP contribution in [-0.2, 0) is 20.4 Å². The standard InChI is InChI=1S/C29H32F2N4O4S/c1-5-35(6-2)12-11-32-29(37)27-17(3)26(33-18(27)4)15-22-21-14-20(8-10-25(21)34-28(22)36)40(38,39)16-19-7-9-23(30)24(31)13-19/h7-10,13-15,33H,5-6,11-12,16H2,1-4H3,(H,32,37)(H,34,36). The molecule has 11 heteroatoms. The first kappa shape index (κ1) is 29.2. The molecule has 2 amide bonds. The highest BCUT2D eigenvalue weighted by Crippen LogP contribution is 2.36. The number of hydrogen-bond donors (Lipinski definition) is 3. The fraction of sp³-hybridized carbons (Fsp3) is 0.310. The summed E-state index contributed by atoms with van der Waals surface area (Å²) in [6, 6.07) is 7.19. The summed E-state index contributed by atoms with van der Waals surface area (Å²) in [6.07, 6.45) is 1.60. The van der Waals surface area contributed by atoms with E-state index in [2.05, 4.69) is 34.4 Å². The van der Waals surface area contributed by atoms with E-state index in [0.717, 1.165) is 31.8 Å². The number of halogens is 2. The Morgan fingerprint density at radius 1 is 1.05 bits per heavy atom. The van der Waals surface area contributed by atoms with Crippen molar-refractivity contribution < 1.29 is 26.8 Å². The van der Waals surface area contributed by atoms with Gasteiger partial charge in [0.15, 0.2) is 21.5 Å². The zero-order valence-corrected chi connectivity index (χ0v) is 23.6. The van der Waals surface area contributed by atoms with Gasteiger partial charge in [0.25, 0.3) is 11.8 Å². The number of aryl methyl sites for hydroxylation is 1. The molecule has 4 rings (SSSR count). The zero-order valence-electron chi connectivity index (χ0n) is 22.8. The Bertz CT molecular complexity index is 1610. The molecule has 0 saturated heterocycles. The summed E-state index contributed by atoms with van der Waals surface area (Å²) in [5.74, 6) is -3.36. The Balaban J connectivity index is 1.61. The molecular weight excluding hydrogens is 538 g/mol. The van der Waals surface area contributed by atoms with Crippen LogP contribution in [0.25, 0.3) is 11.6 Å². The van der Waals surface area contributed by atoms with Crippen LogP contribution in [0.5, 0.6) is 0 Å². The zero-order chi connectivity index (χ0) is 29.2. The number of nitrogens with zero attached hydrogens (tertiary/aromatic N) is 1. The average molecular weight is 571 g/mol. The Morgan fingerprint density at radius 2 is 1.77 bits per heavy atom. The second-order valence-electron chi connectivity index (χ2n) is 9.67. The first-order valence-corrected chi connectivity index (χ1v) is 14.6. The number of nitrogens with one attached hydrogen (secondary N) is 3. The molecule has 0 bridgehead atoms. The van der Waals surface area contributed by atoms with Crippen molar-refractivity contribution >= 4 is 39.0 Å². The summed E-state index contributed by atoms with van der Waals surface area (Å²) in [4.78, 5) is 31.1. The number of sulfone groups is 1. The van der Waals surface area contributed by atoms with E-state index in [4.69, 9.17) is 0 Å². The van der Waals surface area contributed by atoms with Crippen molar-refractivity contribution in [2.45, 2.75) is 38.3 Å². The molecule has 1 aromatic heterocycles. The van der Waals surface area contributed by atoms with Crippen molar-refractivity contribution in [2.24, 2.45) is 0 Å². The molecule has 0 radical (unpaired) electrons. The lowest BCUT2D eigenvalue weighted by Crippen LogP contribution is -2.35. The molecule has 0 fully saturated rings. The molecule has 0 spiro atoms. The van der Waals surface area contributed by atoms with Crippen LogP contribution >= 0.6 is 0 Å². The van der Waals surface area contributed by atoms with Crippen molar-refractivity contribution in [3.05, 3.63) is 81.7 Å². The minimum atomic E-state index is -3.94. The van der Waals surface area contributed by atoms with Gasteiger partial charge < -0.3 is 20.5 Å². The maximum Gasteiger partial charge on any atom is 0.256 e. The number of aromatic amines is 1. The van der Waals surface area contributed by atoms with E-state index in [0.29, 0.717) is 40.3 Å². The van der Waals surface area contributed by atoms with Crippen molar-refractivity contribution in [2.75, 3.05) is 31.5 Å². The number of fused-ring (bicyclic) bond motifs is 1. The van der Waals surface area contributed by atoms with Gasteiger partial charge in [-0.3, -0.25) is 9.59 Å². The van der Waals surface area contributed by atoms with Gasteiger partial charge in [0, 0.05) is 35.7 Å². The Kier molecular flexibility index (Phi) is 8.55. The molecular formula is C29H32F2N4O4S. The van der Waals surface area contributed by atoms with Crippen LogP contribution in [0, 0.1) is 25.5 Å². The monoisotopic (exact) mass is 570 g/mol. The average Bonchev–Trinajstić information content (AvgIpc) is 3.37. The number of aromatic nitrogens is 1. The SMILES string of the molecule is CCN(CC)CCNC(=O)c1c(C)[nH]c(C=C2C(=O)Nc3ccc(S(=O)(=O)Cc4ccc(F)c(F)c4)cc32)c1C. The molecule has 1 aliphatic heterocycles. The number of rotatable bonds is 10. The van der Waals surface area contributed by atoms with E-state index in [-0.39, 0.29) is 21.9 Å².